The van der Waals surface area contributed by atoms with Crippen molar-refractivity contribution in [2.75, 3.05) is 26.9 Å². The van der Waals surface area contributed by atoms with E-state index < -0.39 is 0 Å². The molecule has 0 aromatic carbocycles. The number of carbonyl (C=O) groups is 1. The second-order valence-electron chi connectivity index (χ2n) is 3.22. The van der Waals surface area contributed by atoms with Crippen LogP contribution in [0.15, 0.2) is 0 Å². The molecule has 0 amide bonds. The summed E-state index contributed by atoms with van der Waals surface area (Å²) >= 11 is 0. The van der Waals surface area contributed by atoms with Gasteiger partial charge in [-0.25, -0.2) is 0 Å². The number of hydrogen-bond acceptors (Lipinski definition) is 4. The highest BCUT2D eigenvalue weighted by molar-refractivity contribution is 5.76. The van der Waals surface area contributed by atoms with Gasteiger partial charge < -0.3 is 14.8 Å². The quantitative estimate of drug-likeness (QED) is 0.622. The molecule has 0 aromatic rings. The number of esters is 1. The third-order valence-electron chi connectivity index (χ3n) is 1.96. The van der Waals surface area contributed by atoms with Crippen molar-refractivity contribution in [1.82, 2.24) is 5.32 Å². The summed E-state index contributed by atoms with van der Waals surface area (Å²) in [6.45, 7) is 7.45. The molecule has 1 N–H and O–H groups in total. The molecule has 0 spiro atoms. The fourth-order valence-corrected chi connectivity index (χ4v) is 1.33. The minimum atomic E-state index is -0.264. The van der Waals surface area contributed by atoms with E-state index in [1.807, 2.05) is 20.8 Å². The van der Waals surface area contributed by atoms with Crippen LogP contribution in [-0.2, 0) is 14.3 Å². The topological polar surface area (TPSA) is 47.6 Å². The van der Waals surface area contributed by atoms with E-state index >= 15 is 0 Å². The van der Waals surface area contributed by atoms with Gasteiger partial charge in [-0.3, -0.25) is 4.79 Å². The molecule has 0 aliphatic carbocycles. The first-order chi connectivity index (χ1) is 6.67. The molecule has 84 valence electrons. The largest absolute Gasteiger partial charge is 0.465 e. The lowest BCUT2D eigenvalue weighted by Gasteiger charge is -2.22. The molecule has 0 aliphatic heterocycles. The minimum Gasteiger partial charge on any atom is -0.465 e. The molecule has 0 aromatic heterocycles. The molecule has 14 heavy (non-hydrogen) atoms. The zero-order valence-electron chi connectivity index (χ0n) is 9.50. The fraction of sp³-hybridized carbons (Fsp3) is 0.900. The predicted octanol–water partition coefficient (Wildman–Crippen LogP) is 0.810. The number of carbonyl (C=O) groups excluding carboxylic acids is 1. The Labute approximate surface area is 86.0 Å². The van der Waals surface area contributed by atoms with Gasteiger partial charge in [-0.1, -0.05) is 13.8 Å². The average molecular weight is 203 g/mol. The van der Waals surface area contributed by atoms with Crippen molar-refractivity contribution in [3.8, 4) is 0 Å². The molecule has 0 aliphatic rings. The van der Waals surface area contributed by atoms with E-state index in [1.165, 1.54) is 0 Å². The van der Waals surface area contributed by atoms with Gasteiger partial charge in [-0.2, -0.15) is 0 Å². The summed E-state index contributed by atoms with van der Waals surface area (Å²) in [5, 5.41) is 3.10. The second kappa shape index (κ2) is 7.76. The predicted molar refractivity (Wildman–Crippen MR) is 55.1 cm³/mol. The number of hydrogen-bond donors (Lipinski definition) is 1. The lowest BCUT2D eigenvalue weighted by molar-refractivity contribution is -0.147. The van der Waals surface area contributed by atoms with Gasteiger partial charge in [-0.15, -0.1) is 0 Å². The molecule has 0 saturated carbocycles. The Morgan fingerprint density at radius 1 is 1.43 bits per heavy atom. The van der Waals surface area contributed by atoms with Gasteiger partial charge in [0, 0.05) is 13.0 Å². The molecule has 0 saturated heterocycles. The Kier molecular flexibility index (Phi) is 7.42. The maximum atomic E-state index is 11.5. The van der Waals surface area contributed by atoms with Crippen LogP contribution < -0.4 is 5.32 Å². The lowest BCUT2D eigenvalue weighted by Crippen LogP contribution is -2.44. The van der Waals surface area contributed by atoms with Crippen molar-refractivity contribution in [2.45, 2.75) is 26.8 Å². The molecule has 0 bridgehead atoms. The second-order valence-corrected chi connectivity index (χ2v) is 3.22. The summed E-state index contributed by atoms with van der Waals surface area (Å²) in [5.74, 6) is -0.0714. The van der Waals surface area contributed by atoms with Gasteiger partial charge in [0.15, 0.2) is 0 Å². The number of methoxy groups -OCH3 is 1. The summed E-state index contributed by atoms with van der Waals surface area (Å²) in [6.07, 6.45) is 0. The summed E-state index contributed by atoms with van der Waals surface area (Å²) in [7, 11) is 1.63. The van der Waals surface area contributed by atoms with Crippen molar-refractivity contribution in [2.24, 2.45) is 5.92 Å². The van der Waals surface area contributed by atoms with E-state index in [-0.39, 0.29) is 17.9 Å². The number of rotatable bonds is 7. The first-order valence-corrected chi connectivity index (χ1v) is 5.06. The van der Waals surface area contributed by atoms with Crippen molar-refractivity contribution >= 4 is 5.97 Å². The van der Waals surface area contributed by atoms with E-state index in [4.69, 9.17) is 9.47 Å². The Hall–Kier alpha value is -0.610. The Morgan fingerprint density at radius 3 is 2.50 bits per heavy atom. The van der Waals surface area contributed by atoms with Crippen LogP contribution in [0.3, 0.4) is 0 Å². The average Bonchev–Trinajstić information content (AvgIpc) is 2.14. The van der Waals surface area contributed by atoms with E-state index in [0.29, 0.717) is 13.2 Å². The molecule has 0 radical (unpaired) electrons. The Balaban J connectivity index is 4.18. The zero-order chi connectivity index (χ0) is 11.0. The molecule has 2 atom stereocenters. The third kappa shape index (κ3) is 4.58. The van der Waals surface area contributed by atoms with Gasteiger partial charge in [0.2, 0.25) is 0 Å². The first kappa shape index (κ1) is 13.4. The van der Waals surface area contributed by atoms with Crippen LogP contribution in [0.1, 0.15) is 20.8 Å². The van der Waals surface area contributed by atoms with Gasteiger partial charge in [0.05, 0.1) is 13.2 Å². The van der Waals surface area contributed by atoms with Crippen LogP contribution in [0.2, 0.25) is 0 Å². The molecule has 0 rings (SSSR count). The van der Waals surface area contributed by atoms with Gasteiger partial charge in [0.1, 0.15) is 6.04 Å². The monoisotopic (exact) mass is 203 g/mol. The Morgan fingerprint density at radius 2 is 2.07 bits per heavy atom. The van der Waals surface area contributed by atoms with Gasteiger partial charge in [0.25, 0.3) is 0 Å². The van der Waals surface area contributed by atoms with E-state index in [2.05, 4.69) is 5.32 Å². The van der Waals surface area contributed by atoms with Crippen molar-refractivity contribution in [3.63, 3.8) is 0 Å². The van der Waals surface area contributed by atoms with E-state index in [9.17, 15) is 4.79 Å². The van der Waals surface area contributed by atoms with Crippen LogP contribution in [0.5, 0.6) is 0 Å². The molecule has 0 fully saturated rings. The maximum Gasteiger partial charge on any atom is 0.323 e. The fourth-order valence-electron chi connectivity index (χ4n) is 1.33. The minimum absolute atomic E-state index is 0.124. The molecular weight excluding hydrogens is 182 g/mol. The van der Waals surface area contributed by atoms with Gasteiger partial charge >= 0.3 is 5.97 Å². The van der Waals surface area contributed by atoms with Crippen molar-refractivity contribution in [3.05, 3.63) is 0 Å². The van der Waals surface area contributed by atoms with Gasteiger partial charge in [-0.05, 0) is 13.5 Å². The lowest BCUT2D eigenvalue weighted by atomic mass is 10.0. The van der Waals surface area contributed by atoms with Crippen LogP contribution in [0.4, 0.5) is 0 Å². The zero-order valence-corrected chi connectivity index (χ0v) is 9.50. The van der Waals surface area contributed by atoms with Crippen molar-refractivity contribution in [1.29, 1.82) is 0 Å². The summed E-state index contributed by atoms with van der Waals surface area (Å²) in [5.41, 5.74) is 0. The molecule has 0 heterocycles. The SMILES string of the molecule is CCNC(C(=O)OCC)C(C)COC. The highest BCUT2D eigenvalue weighted by atomic mass is 16.5. The number of ether oxygens (including phenoxy) is 2. The summed E-state index contributed by atoms with van der Waals surface area (Å²) in [6, 6.07) is -0.264. The Bertz CT molecular complexity index is 161. The van der Waals surface area contributed by atoms with Crippen LogP contribution in [0.25, 0.3) is 0 Å². The molecular formula is C10H21NO3. The van der Waals surface area contributed by atoms with Crippen LogP contribution in [0, 0.1) is 5.92 Å². The third-order valence-corrected chi connectivity index (χ3v) is 1.96. The number of likely N-dealkylation sites (N-methyl/N-ethyl adjacent to an activating group) is 1. The van der Waals surface area contributed by atoms with E-state index in [0.717, 1.165) is 6.54 Å². The molecule has 4 heteroatoms. The highest BCUT2D eigenvalue weighted by Crippen LogP contribution is 2.05. The van der Waals surface area contributed by atoms with Crippen LogP contribution in [-0.4, -0.2) is 38.9 Å². The summed E-state index contributed by atoms with van der Waals surface area (Å²) in [4.78, 5) is 11.5. The van der Waals surface area contributed by atoms with E-state index in [1.54, 1.807) is 7.11 Å². The standard InChI is InChI=1S/C10H21NO3/c1-5-11-9(8(3)7-13-4)10(12)14-6-2/h8-9,11H,5-7H2,1-4H3. The van der Waals surface area contributed by atoms with Crippen molar-refractivity contribution < 1.29 is 14.3 Å². The molecule has 4 nitrogen and oxygen atoms in total. The highest BCUT2D eigenvalue weighted by Gasteiger charge is 2.24. The van der Waals surface area contributed by atoms with Crippen LogP contribution >= 0.6 is 0 Å². The first-order valence-electron chi connectivity index (χ1n) is 5.06. The normalized spacial score (nSPS) is 14.9. The maximum absolute atomic E-state index is 11.5. The molecule has 2 unspecified atom stereocenters. The summed E-state index contributed by atoms with van der Waals surface area (Å²) < 4.78 is 9.98. The smallest absolute Gasteiger partial charge is 0.323 e. The number of nitrogens with one attached hydrogen (secondary N) is 1.